The largest absolute Gasteiger partial charge is 0.495 e. The highest BCUT2D eigenvalue weighted by Crippen LogP contribution is 2.34. The van der Waals surface area contributed by atoms with Gasteiger partial charge in [0.15, 0.2) is 0 Å². The van der Waals surface area contributed by atoms with Gasteiger partial charge in [-0.1, -0.05) is 20.8 Å². The van der Waals surface area contributed by atoms with E-state index in [2.05, 4.69) is 57.9 Å². The van der Waals surface area contributed by atoms with Crippen LogP contribution in [0.5, 0.6) is 5.75 Å². The van der Waals surface area contributed by atoms with E-state index in [0.717, 1.165) is 33.3 Å². The molecule has 1 aromatic rings. The van der Waals surface area contributed by atoms with Crippen molar-refractivity contribution in [1.29, 1.82) is 0 Å². The van der Waals surface area contributed by atoms with Gasteiger partial charge in [0, 0.05) is 17.1 Å². The highest BCUT2D eigenvalue weighted by atomic mass is 79.9. The van der Waals surface area contributed by atoms with E-state index in [1.807, 2.05) is 12.1 Å². The van der Waals surface area contributed by atoms with Gasteiger partial charge in [0.25, 0.3) is 0 Å². The monoisotopic (exact) mass is 363 g/mol. The molecule has 0 aromatic heterocycles. The number of hydrogen-bond donors (Lipinski definition) is 1. The van der Waals surface area contributed by atoms with Gasteiger partial charge in [-0.25, -0.2) is 0 Å². The Kier molecular flexibility index (Phi) is 5.32. The van der Waals surface area contributed by atoms with Crippen molar-refractivity contribution in [2.45, 2.75) is 27.2 Å². The molecule has 0 saturated carbocycles. The summed E-state index contributed by atoms with van der Waals surface area (Å²) in [4.78, 5) is 0. The molecule has 0 radical (unpaired) electrons. The zero-order valence-corrected chi connectivity index (χ0v) is 13.9. The molecule has 0 bridgehead atoms. The van der Waals surface area contributed by atoms with E-state index in [0.29, 0.717) is 5.41 Å². The summed E-state index contributed by atoms with van der Waals surface area (Å²) >= 11 is 7.00. The second-order valence-electron chi connectivity index (χ2n) is 5.20. The molecule has 0 atom stereocenters. The van der Waals surface area contributed by atoms with Crippen molar-refractivity contribution in [1.82, 2.24) is 0 Å². The molecule has 4 heteroatoms. The third-order valence-corrected chi connectivity index (χ3v) is 3.71. The van der Waals surface area contributed by atoms with Crippen LogP contribution in [-0.2, 0) is 0 Å². The maximum Gasteiger partial charge on any atom is 0.135 e. The Hall–Kier alpha value is -0.220. The lowest BCUT2D eigenvalue weighted by Gasteiger charge is -2.19. The number of rotatable bonds is 4. The summed E-state index contributed by atoms with van der Waals surface area (Å²) in [5, 5.41) is 3.42. The molecular formula is C13H19Br2NO. The quantitative estimate of drug-likeness (QED) is 0.805. The van der Waals surface area contributed by atoms with Crippen molar-refractivity contribution in [3.8, 4) is 5.75 Å². The Morgan fingerprint density at radius 2 is 1.82 bits per heavy atom. The minimum Gasteiger partial charge on any atom is -0.495 e. The fourth-order valence-corrected chi connectivity index (χ4v) is 2.69. The highest BCUT2D eigenvalue weighted by molar-refractivity contribution is 9.11. The van der Waals surface area contributed by atoms with E-state index < -0.39 is 0 Å². The second-order valence-corrected chi connectivity index (χ2v) is 6.91. The standard InChI is InChI=1S/C13H19Br2NO/c1-13(2,3)5-6-16-11-8-12(17-4)10(15)7-9(11)14/h7-8,16H,5-6H2,1-4H3. The van der Waals surface area contributed by atoms with E-state index in [4.69, 9.17) is 4.74 Å². The zero-order chi connectivity index (χ0) is 13.1. The Morgan fingerprint density at radius 1 is 1.18 bits per heavy atom. The average molecular weight is 365 g/mol. The molecule has 1 N–H and O–H groups in total. The van der Waals surface area contributed by atoms with Gasteiger partial charge in [-0.05, 0) is 49.8 Å². The van der Waals surface area contributed by atoms with Crippen LogP contribution in [0.3, 0.4) is 0 Å². The fraction of sp³-hybridized carbons (Fsp3) is 0.538. The van der Waals surface area contributed by atoms with Gasteiger partial charge in [-0.3, -0.25) is 0 Å². The third-order valence-electron chi connectivity index (χ3n) is 2.43. The molecule has 0 amide bonds. The number of anilines is 1. The number of ether oxygens (including phenoxy) is 1. The van der Waals surface area contributed by atoms with Crippen LogP contribution in [0.15, 0.2) is 21.1 Å². The Labute approximate surface area is 120 Å². The second kappa shape index (κ2) is 6.10. The lowest BCUT2D eigenvalue weighted by atomic mass is 9.92. The average Bonchev–Trinajstić information content (AvgIpc) is 2.19. The van der Waals surface area contributed by atoms with Crippen molar-refractivity contribution in [3.05, 3.63) is 21.1 Å². The van der Waals surface area contributed by atoms with E-state index in [-0.39, 0.29) is 0 Å². The van der Waals surface area contributed by atoms with Crippen LogP contribution in [0.2, 0.25) is 0 Å². The molecule has 0 heterocycles. The molecule has 96 valence electrons. The van der Waals surface area contributed by atoms with Crippen LogP contribution in [0.4, 0.5) is 5.69 Å². The third kappa shape index (κ3) is 4.88. The van der Waals surface area contributed by atoms with E-state index >= 15 is 0 Å². The number of halogens is 2. The predicted octanol–water partition coefficient (Wildman–Crippen LogP) is 5.07. The summed E-state index contributed by atoms with van der Waals surface area (Å²) in [6.07, 6.45) is 1.12. The summed E-state index contributed by atoms with van der Waals surface area (Å²) < 4.78 is 7.27. The summed E-state index contributed by atoms with van der Waals surface area (Å²) in [6, 6.07) is 4.00. The number of benzene rings is 1. The normalized spacial score (nSPS) is 11.4. The van der Waals surface area contributed by atoms with Crippen molar-refractivity contribution < 1.29 is 4.74 Å². The van der Waals surface area contributed by atoms with Crippen LogP contribution in [0.25, 0.3) is 0 Å². The van der Waals surface area contributed by atoms with Crippen LogP contribution < -0.4 is 10.1 Å². The van der Waals surface area contributed by atoms with Crippen molar-refractivity contribution in [3.63, 3.8) is 0 Å². The minimum absolute atomic E-state index is 0.346. The topological polar surface area (TPSA) is 21.3 Å². The molecule has 1 aromatic carbocycles. The van der Waals surface area contributed by atoms with Gasteiger partial charge in [0.05, 0.1) is 17.3 Å². The van der Waals surface area contributed by atoms with Crippen molar-refractivity contribution in [2.24, 2.45) is 5.41 Å². The molecular weight excluding hydrogens is 346 g/mol. The Bertz CT molecular complexity index is 386. The zero-order valence-electron chi connectivity index (χ0n) is 10.7. The van der Waals surface area contributed by atoms with Gasteiger partial charge in [0.2, 0.25) is 0 Å². The van der Waals surface area contributed by atoms with E-state index in [9.17, 15) is 0 Å². The van der Waals surface area contributed by atoms with Gasteiger partial charge in [-0.2, -0.15) is 0 Å². The molecule has 1 rings (SSSR count). The SMILES string of the molecule is COc1cc(NCCC(C)(C)C)c(Br)cc1Br. The summed E-state index contributed by atoms with van der Waals surface area (Å²) in [5.74, 6) is 0.839. The van der Waals surface area contributed by atoms with Gasteiger partial charge < -0.3 is 10.1 Å². The van der Waals surface area contributed by atoms with Crippen LogP contribution in [0, 0.1) is 5.41 Å². The first-order valence-electron chi connectivity index (χ1n) is 5.60. The van der Waals surface area contributed by atoms with E-state index in [1.165, 1.54) is 0 Å². The smallest absolute Gasteiger partial charge is 0.135 e. The molecule has 0 aliphatic carbocycles. The number of nitrogens with one attached hydrogen (secondary N) is 1. The van der Waals surface area contributed by atoms with Gasteiger partial charge >= 0.3 is 0 Å². The lowest BCUT2D eigenvalue weighted by molar-refractivity contribution is 0.389. The number of methoxy groups -OCH3 is 1. The maximum atomic E-state index is 5.28. The fourth-order valence-electron chi connectivity index (χ4n) is 1.39. The van der Waals surface area contributed by atoms with Crippen LogP contribution in [0.1, 0.15) is 27.2 Å². The first-order valence-corrected chi connectivity index (χ1v) is 7.19. The molecule has 2 nitrogen and oxygen atoms in total. The molecule has 0 spiro atoms. The summed E-state index contributed by atoms with van der Waals surface area (Å²) in [7, 11) is 1.67. The minimum atomic E-state index is 0.346. The summed E-state index contributed by atoms with van der Waals surface area (Å²) in [5.41, 5.74) is 1.41. The lowest BCUT2D eigenvalue weighted by Crippen LogP contribution is -2.13. The maximum absolute atomic E-state index is 5.28. The molecule has 0 saturated heterocycles. The molecule has 0 unspecified atom stereocenters. The van der Waals surface area contributed by atoms with Crippen molar-refractivity contribution in [2.75, 3.05) is 19.0 Å². The highest BCUT2D eigenvalue weighted by Gasteiger charge is 2.11. The molecule has 0 aliphatic rings. The van der Waals surface area contributed by atoms with Crippen LogP contribution in [-0.4, -0.2) is 13.7 Å². The summed E-state index contributed by atoms with van der Waals surface area (Å²) in [6.45, 7) is 7.68. The number of hydrogen-bond acceptors (Lipinski definition) is 2. The van der Waals surface area contributed by atoms with E-state index in [1.54, 1.807) is 7.11 Å². The van der Waals surface area contributed by atoms with Crippen LogP contribution >= 0.6 is 31.9 Å². The first kappa shape index (κ1) is 14.8. The van der Waals surface area contributed by atoms with Gasteiger partial charge in [0.1, 0.15) is 5.75 Å². The first-order chi connectivity index (χ1) is 7.83. The Balaban J connectivity index is 2.71. The van der Waals surface area contributed by atoms with Gasteiger partial charge in [-0.15, -0.1) is 0 Å². The molecule has 0 fully saturated rings. The molecule has 0 aliphatic heterocycles. The Morgan fingerprint density at radius 3 is 2.35 bits per heavy atom. The molecule has 17 heavy (non-hydrogen) atoms. The van der Waals surface area contributed by atoms with Crippen molar-refractivity contribution >= 4 is 37.5 Å². The predicted molar refractivity (Wildman–Crippen MR) is 81.0 cm³/mol.